The summed E-state index contributed by atoms with van der Waals surface area (Å²) in [4.78, 5) is 0. The summed E-state index contributed by atoms with van der Waals surface area (Å²) in [7, 11) is 0. The third-order valence-corrected chi connectivity index (χ3v) is 6.43. The Bertz CT molecular complexity index is 257. The molecule has 0 saturated heterocycles. The fraction of sp³-hybridized carbons (Fsp3) is 1.00. The van der Waals surface area contributed by atoms with Gasteiger partial charge in [-0.2, -0.15) is 0 Å². The van der Waals surface area contributed by atoms with Crippen molar-refractivity contribution in [1.82, 2.24) is 0 Å². The lowest BCUT2D eigenvalue weighted by Gasteiger charge is -2.18. The van der Waals surface area contributed by atoms with Crippen LogP contribution in [-0.4, -0.2) is 0 Å². The molecule has 2 rings (SSSR count). The molecule has 0 aromatic carbocycles. The van der Waals surface area contributed by atoms with Crippen LogP contribution < -0.4 is 0 Å². The number of hydrogen-bond acceptors (Lipinski definition) is 0. The predicted molar refractivity (Wildman–Crippen MR) is 75.8 cm³/mol. The van der Waals surface area contributed by atoms with E-state index in [1.807, 2.05) is 0 Å². The maximum absolute atomic E-state index is 2.51. The molecule has 2 saturated carbocycles. The molecule has 2 aliphatic rings. The highest BCUT2D eigenvalue weighted by molar-refractivity contribution is 5.08. The fourth-order valence-electron chi connectivity index (χ4n) is 4.42. The Morgan fingerprint density at radius 3 is 2.24 bits per heavy atom. The Kier molecular flexibility index (Phi) is 3.90. The summed E-state index contributed by atoms with van der Waals surface area (Å²) in [6.45, 7) is 14.6. The molecule has 0 spiro atoms. The van der Waals surface area contributed by atoms with Crippen LogP contribution in [0.2, 0.25) is 0 Å². The van der Waals surface area contributed by atoms with Crippen molar-refractivity contribution in [3.05, 3.63) is 0 Å². The van der Waals surface area contributed by atoms with Crippen molar-refractivity contribution >= 4 is 0 Å². The number of hydrogen-bond donors (Lipinski definition) is 0. The number of rotatable bonds is 6. The first-order valence-corrected chi connectivity index (χ1v) is 8.02. The largest absolute Gasteiger partial charge is 0.0651 e. The van der Waals surface area contributed by atoms with Crippen LogP contribution in [0, 0.1) is 47.3 Å². The topological polar surface area (TPSA) is 0 Å². The second-order valence-corrected chi connectivity index (χ2v) is 7.21. The lowest BCUT2D eigenvalue weighted by Crippen LogP contribution is -2.11. The van der Waals surface area contributed by atoms with Gasteiger partial charge in [0, 0.05) is 0 Å². The van der Waals surface area contributed by atoms with Crippen molar-refractivity contribution in [3.8, 4) is 0 Å². The van der Waals surface area contributed by atoms with Gasteiger partial charge < -0.3 is 0 Å². The van der Waals surface area contributed by atoms with Crippen molar-refractivity contribution in [3.63, 3.8) is 0 Å². The smallest absolute Gasteiger partial charge is 0.0321 e. The van der Waals surface area contributed by atoms with Crippen LogP contribution >= 0.6 is 0 Å². The Morgan fingerprint density at radius 2 is 1.71 bits per heavy atom. The summed E-state index contributed by atoms with van der Waals surface area (Å²) in [6.07, 6.45) is 4.29. The minimum atomic E-state index is 0.924. The molecule has 0 bridgehead atoms. The average Bonchev–Trinajstić information content (AvgIpc) is 3.21. The van der Waals surface area contributed by atoms with E-state index in [4.69, 9.17) is 0 Å². The van der Waals surface area contributed by atoms with Gasteiger partial charge in [0.25, 0.3) is 0 Å². The van der Waals surface area contributed by atoms with Gasteiger partial charge in [0.05, 0.1) is 0 Å². The Hall–Kier alpha value is 0. The van der Waals surface area contributed by atoms with E-state index in [1.165, 1.54) is 12.8 Å². The van der Waals surface area contributed by atoms with Gasteiger partial charge in [-0.25, -0.2) is 0 Å². The van der Waals surface area contributed by atoms with Crippen LogP contribution in [0.1, 0.15) is 60.8 Å². The molecule has 0 nitrogen and oxygen atoms in total. The zero-order valence-electron chi connectivity index (χ0n) is 12.7. The minimum absolute atomic E-state index is 0.924. The molecule has 0 heteroatoms. The minimum Gasteiger partial charge on any atom is -0.0651 e. The summed E-state index contributed by atoms with van der Waals surface area (Å²) in [5.74, 6) is 8.23. The van der Waals surface area contributed by atoms with Crippen molar-refractivity contribution in [2.75, 3.05) is 0 Å². The molecular formula is C17H32. The molecule has 0 aliphatic heterocycles. The van der Waals surface area contributed by atoms with E-state index < -0.39 is 0 Å². The molecule has 2 aliphatic carbocycles. The third kappa shape index (κ3) is 2.42. The summed E-state index contributed by atoms with van der Waals surface area (Å²) < 4.78 is 0. The van der Waals surface area contributed by atoms with Crippen LogP contribution in [0.5, 0.6) is 0 Å². The molecule has 0 amide bonds. The molecule has 8 atom stereocenters. The maximum Gasteiger partial charge on any atom is -0.0321 e. The van der Waals surface area contributed by atoms with Gasteiger partial charge in [-0.05, 0) is 53.8 Å². The monoisotopic (exact) mass is 236 g/mol. The van der Waals surface area contributed by atoms with Gasteiger partial charge in [-0.15, -0.1) is 0 Å². The Labute approximate surface area is 109 Å². The summed E-state index contributed by atoms with van der Waals surface area (Å²) in [5, 5.41) is 0. The molecule has 0 aromatic rings. The molecule has 0 radical (unpaired) electrons. The molecule has 2 fully saturated rings. The van der Waals surface area contributed by atoms with Crippen molar-refractivity contribution in [2.45, 2.75) is 60.8 Å². The fourth-order valence-corrected chi connectivity index (χ4v) is 4.42. The van der Waals surface area contributed by atoms with E-state index in [-0.39, 0.29) is 0 Å². The van der Waals surface area contributed by atoms with E-state index >= 15 is 0 Å². The maximum atomic E-state index is 2.51. The molecule has 100 valence electrons. The van der Waals surface area contributed by atoms with E-state index in [2.05, 4.69) is 41.5 Å². The molecule has 0 N–H and O–H groups in total. The highest BCUT2D eigenvalue weighted by Crippen LogP contribution is 2.66. The molecule has 8 unspecified atom stereocenters. The zero-order chi connectivity index (χ0) is 12.7. The molecular weight excluding hydrogens is 204 g/mol. The van der Waals surface area contributed by atoms with Gasteiger partial charge in [0.2, 0.25) is 0 Å². The normalized spacial score (nSPS) is 45.2. The van der Waals surface area contributed by atoms with Gasteiger partial charge >= 0.3 is 0 Å². The molecule has 0 aromatic heterocycles. The van der Waals surface area contributed by atoms with Crippen LogP contribution in [0.3, 0.4) is 0 Å². The first-order chi connectivity index (χ1) is 8.02. The second kappa shape index (κ2) is 4.94. The van der Waals surface area contributed by atoms with Crippen molar-refractivity contribution in [1.29, 1.82) is 0 Å². The highest BCUT2D eigenvalue weighted by atomic mass is 14.7. The lowest BCUT2D eigenvalue weighted by atomic mass is 9.87. The zero-order valence-corrected chi connectivity index (χ0v) is 12.7. The Morgan fingerprint density at radius 1 is 1.06 bits per heavy atom. The second-order valence-electron chi connectivity index (χ2n) is 7.21. The lowest BCUT2D eigenvalue weighted by molar-refractivity contribution is 0.307. The average molecular weight is 236 g/mol. The standard InChI is InChI=1S/C17H32/c1-7-10(3)12(5)16-13(6)17(16)15-9-14(15)11(4)8-2/h10-17H,7-9H2,1-6H3. The quantitative estimate of drug-likeness (QED) is 0.592. The summed E-state index contributed by atoms with van der Waals surface area (Å²) >= 11 is 0. The predicted octanol–water partition coefficient (Wildman–Crippen LogP) is 5.23. The van der Waals surface area contributed by atoms with Crippen LogP contribution in [0.4, 0.5) is 0 Å². The molecule has 17 heavy (non-hydrogen) atoms. The van der Waals surface area contributed by atoms with Crippen LogP contribution in [0.15, 0.2) is 0 Å². The summed E-state index contributed by atoms with van der Waals surface area (Å²) in [5.41, 5.74) is 0. The van der Waals surface area contributed by atoms with Gasteiger partial charge in [-0.1, -0.05) is 54.4 Å². The first-order valence-electron chi connectivity index (χ1n) is 8.02. The summed E-state index contributed by atoms with van der Waals surface area (Å²) in [6, 6.07) is 0. The van der Waals surface area contributed by atoms with Gasteiger partial charge in [0.15, 0.2) is 0 Å². The van der Waals surface area contributed by atoms with E-state index in [9.17, 15) is 0 Å². The third-order valence-electron chi connectivity index (χ3n) is 6.43. The van der Waals surface area contributed by atoms with Crippen LogP contribution in [-0.2, 0) is 0 Å². The van der Waals surface area contributed by atoms with Crippen LogP contribution in [0.25, 0.3) is 0 Å². The highest BCUT2D eigenvalue weighted by Gasteiger charge is 2.60. The Balaban J connectivity index is 1.86. The van der Waals surface area contributed by atoms with E-state index in [1.54, 1.807) is 6.42 Å². The molecule has 0 heterocycles. The van der Waals surface area contributed by atoms with Crippen molar-refractivity contribution < 1.29 is 0 Å². The van der Waals surface area contributed by atoms with Gasteiger partial charge in [0.1, 0.15) is 0 Å². The van der Waals surface area contributed by atoms with E-state index in [0.29, 0.717) is 0 Å². The SMILES string of the molecule is CCC(C)C(C)C1C(C)C1C1CC1C(C)CC. The van der Waals surface area contributed by atoms with Crippen molar-refractivity contribution in [2.24, 2.45) is 47.3 Å². The first kappa shape index (κ1) is 13.4. The van der Waals surface area contributed by atoms with E-state index in [0.717, 1.165) is 47.3 Å². The van der Waals surface area contributed by atoms with Gasteiger partial charge in [-0.3, -0.25) is 0 Å².